The average molecular weight is 483 g/mol. The van der Waals surface area contributed by atoms with E-state index in [0.717, 1.165) is 18.4 Å². The maximum atomic E-state index is 12.6. The van der Waals surface area contributed by atoms with E-state index in [1.807, 2.05) is 12.1 Å². The number of carbonyl (C=O) groups is 1. The molecule has 3 rings (SSSR count). The van der Waals surface area contributed by atoms with Crippen LogP contribution in [-0.4, -0.2) is 41.1 Å². The quantitative estimate of drug-likeness (QED) is 0.572. The van der Waals surface area contributed by atoms with Crippen molar-refractivity contribution < 1.29 is 22.7 Å². The van der Waals surface area contributed by atoms with E-state index < -0.39 is 10.0 Å². The Morgan fingerprint density at radius 3 is 2.55 bits per heavy atom. The molecule has 0 aliphatic heterocycles. The molecule has 9 heteroatoms. The van der Waals surface area contributed by atoms with Crippen molar-refractivity contribution in [3.05, 3.63) is 52.0 Å². The van der Waals surface area contributed by atoms with E-state index in [0.29, 0.717) is 28.9 Å². The van der Waals surface area contributed by atoms with Crippen molar-refractivity contribution in [3.8, 4) is 11.5 Å². The second-order valence-electron chi connectivity index (χ2n) is 6.72. The van der Waals surface area contributed by atoms with Gasteiger partial charge >= 0.3 is 0 Å². The van der Waals surface area contributed by atoms with Crippen LogP contribution in [0, 0.1) is 0 Å². The molecule has 156 valence electrons. The minimum absolute atomic E-state index is 0.000371. The zero-order valence-electron chi connectivity index (χ0n) is 16.2. The number of carbonyl (C=O) groups excluding carboxylic acids is 1. The fourth-order valence-corrected chi connectivity index (χ4v) is 4.56. The molecule has 0 atom stereocenters. The molecule has 1 aliphatic carbocycles. The van der Waals surface area contributed by atoms with Gasteiger partial charge in [-0.05, 0) is 65.0 Å². The number of nitrogens with one attached hydrogen (secondary N) is 2. The lowest BCUT2D eigenvalue weighted by atomic mass is 10.1. The lowest BCUT2D eigenvalue weighted by Crippen LogP contribution is -2.28. The van der Waals surface area contributed by atoms with Crippen molar-refractivity contribution in [3.63, 3.8) is 0 Å². The summed E-state index contributed by atoms with van der Waals surface area (Å²) in [5.41, 5.74) is 1.20. The van der Waals surface area contributed by atoms with E-state index in [9.17, 15) is 13.2 Å². The van der Waals surface area contributed by atoms with E-state index in [1.54, 1.807) is 26.4 Å². The summed E-state index contributed by atoms with van der Waals surface area (Å²) in [6, 6.07) is 9.94. The third-order valence-corrected chi connectivity index (χ3v) is 6.78. The van der Waals surface area contributed by atoms with Gasteiger partial charge in [-0.25, -0.2) is 13.1 Å². The van der Waals surface area contributed by atoms with Gasteiger partial charge in [0.2, 0.25) is 10.0 Å². The van der Waals surface area contributed by atoms with Crippen LogP contribution in [0.4, 0.5) is 0 Å². The van der Waals surface area contributed by atoms with Gasteiger partial charge in [0.25, 0.3) is 5.91 Å². The van der Waals surface area contributed by atoms with Crippen molar-refractivity contribution in [1.82, 2.24) is 10.0 Å². The molecule has 0 saturated heterocycles. The summed E-state index contributed by atoms with van der Waals surface area (Å²) in [7, 11) is -0.465. The fourth-order valence-electron chi connectivity index (χ4n) is 2.80. The highest BCUT2D eigenvalue weighted by atomic mass is 79.9. The number of amides is 1. The first-order valence-electron chi connectivity index (χ1n) is 9.15. The Morgan fingerprint density at radius 2 is 1.90 bits per heavy atom. The predicted octanol–water partition coefficient (Wildman–Crippen LogP) is 2.88. The van der Waals surface area contributed by atoms with Crippen LogP contribution in [0.1, 0.15) is 28.8 Å². The molecule has 2 aromatic rings. The highest BCUT2D eigenvalue weighted by Crippen LogP contribution is 2.26. The summed E-state index contributed by atoms with van der Waals surface area (Å²) >= 11 is 3.33. The zero-order valence-corrected chi connectivity index (χ0v) is 18.6. The lowest BCUT2D eigenvalue weighted by molar-refractivity contribution is 0.0953. The Balaban J connectivity index is 1.67. The van der Waals surface area contributed by atoms with Crippen LogP contribution in [0.5, 0.6) is 11.5 Å². The van der Waals surface area contributed by atoms with Gasteiger partial charge in [-0.2, -0.15) is 0 Å². The first-order chi connectivity index (χ1) is 13.8. The van der Waals surface area contributed by atoms with Gasteiger partial charge in [0, 0.05) is 23.1 Å². The molecule has 7 nitrogen and oxygen atoms in total. The molecule has 0 bridgehead atoms. The second-order valence-corrected chi connectivity index (χ2v) is 9.29. The van der Waals surface area contributed by atoms with Crippen LogP contribution in [0.3, 0.4) is 0 Å². The number of rotatable bonds is 9. The van der Waals surface area contributed by atoms with Gasteiger partial charge < -0.3 is 14.8 Å². The van der Waals surface area contributed by atoms with Gasteiger partial charge in [-0.1, -0.05) is 6.07 Å². The van der Waals surface area contributed by atoms with Crippen LogP contribution in [0.2, 0.25) is 0 Å². The summed E-state index contributed by atoms with van der Waals surface area (Å²) in [4.78, 5) is 12.7. The lowest BCUT2D eigenvalue weighted by Gasteiger charge is -2.12. The highest BCUT2D eigenvalue weighted by molar-refractivity contribution is 9.10. The Kier molecular flexibility index (Phi) is 6.81. The number of halogens is 1. The highest BCUT2D eigenvalue weighted by Gasteiger charge is 2.28. The minimum Gasteiger partial charge on any atom is -0.497 e. The van der Waals surface area contributed by atoms with Crippen molar-refractivity contribution in [1.29, 1.82) is 0 Å². The van der Waals surface area contributed by atoms with E-state index in [2.05, 4.69) is 26.0 Å². The van der Waals surface area contributed by atoms with Gasteiger partial charge in [-0.3, -0.25) is 4.79 Å². The predicted molar refractivity (Wildman–Crippen MR) is 113 cm³/mol. The standard InChI is InChI=1S/C20H23BrN2O5S/c1-27-15-6-3-13(19(11-15)28-2)9-10-22-20(24)17-12-16(7-8-18(17)21)29(25,26)23-14-4-5-14/h3,6-8,11-12,14,23H,4-5,9-10H2,1-2H3,(H,22,24). The maximum absolute atomic E-state index is 12.6. The Labute approximate surface area is 179 Å². The molecule has 1 saturated carbocycles. The smallest absolute Gasteiger partial charge is 0.252 e. The third-order valence-electron chi connectivity index (χ3n) is 4.57. The molecule has 0 unspecified atom stereocenters. The Hall–Kier alpha value is -2.10. The summed E-state index contributed by atoms with van der Waals surface area (Å²) in [6.45, 7) is 0.366. The normalized spacial score (nSPS) is 13.8. The fraction of sp³-hybridized carbons (Fsp3) is 0.350. The SMILES string of the molecule is COc1ccc(CCNC(=O)c2cc(S(=O)(=O)NC3CC3)ccc2Br)c(OC)c1. The van der Waals surface area contributed by atoms with E-state index in [1.165, 1.54) is 12.1 Å². The van der Waals surface area contributed by atoms with Crippen LogP contribution < -0.4 is 19.5 Å². The van der Waals surface area contributed by atoms with Gasteiger partial charge in [-0.15, -0.1) is 0 Å². The van der Waals surface area contributed by atoms with Gasteiger partial charge in [0.1, 0.15) is 11.5 Å². The molecule has 0 spiro atoms. The molecule has 1 amide bonds. The average Bonchev–Trinajstić information content (AvgIpc) is 3.51. The summed E-state index contributed by atoms with van der Waals surface area (Å²) in [5.74, 6) is 1.02. The number of hydrogen-bond donors (Lipinski definition) is 2. The third kappa shape index (κ3) is 5.49. The van der Waals surface area contributed by atoms with Gasteiger partial charge in [0.15, 0.2) is 0 Å². The van der Waals surface area contributed by atoms with Crippen LogP contribution >= 0.6 is 15.9 Å². The molecule has 0 heterocycles. The number of hydrogen-bond acceptors (Lipinski definition) is 5. The molecule has 0 aromatic heterocycles. The summed E-state index contributed by atoms with van der Waals surface area (Å²) in [5, 5.41) is 2.83. The molecule has 1 aliphatic rings. The summed E-state index contributed by atoms with van der Waals surface area (Å²) < 4.78 is 38.5. The van der Waals surface area contributed by atoms with E-state index in [-0.39, 0.29) is 22.4 Å². The topological polar surface area (TPSA) is 93.7 Å². The number of benzene rings is 2. The monoisotopic (exact) mass is 482 g/mol. The van der Waals surface area contributed by atoms with Crippen LogP contribution in [0.25, 0.3) is 0 Å². The second kappa shape index (κ2) is 9.15. The zero-order chi connectivity index (χ0) is 21.0. The Bertz CT molecular complexity index is 1010. The summed E-state index contributed by atoms with van der Waals surface area (Å²) in [6.07, 6.45) is 2.24. The van der Waals surface area contributed by atoms with E-state index >= 15 is 0 Å². The molecule has 2 N–H and O–H groups in total. The van der Waals surface area contributed by atoms with Crippen LogP contribution in [-0.2, 0) is 16.4 Å². The first-order valence-corrected chi connectivity index (χ1v) is 11.4. The maximum Gasteiger partial charge on any atom is 0.252 e. The molecular weight excluding hydrogens is 460 g/mol. The molecule has 29 heavy (non-hydrogen) atoms. The number of ether oxygens (including phenoxy) is 2. The van der Waals surface area contributed by atoms with Crippen molar-refractivity contribution in [2.45, 2.75) is 30.2 Å². The van der Waals surface area contributed by atoms with Crippen LogP contribution in [0.15, 0.2) is 45.8 Å². The number of sulfonamides is 1. The largest absolute Gasteiger partial charge is 0.497 e. The van der Waals surface area contributed by atoms with E-state index in [4.69, 9.17) is 9.47 Å². The molecular formula is C20H23BrN2O5S. The molecule has 2 aromatic carbocycles. The molecule has 1 fully saturated rings. The first kappa shape index (κ1) is 21.6. The molecule has 0 radical (unpaired) electrons. The van der Waals surface area contributed by atoms with Crippen molar-refractivity contribution >= 4 is 31.9 Å². The van der Waals surface area contributed by atoms with Crippen molar-refractivity contribution in [2.75, 3.05) is 20.8 Å². The van der Waals surface area contributed by atoms with Gasteiger partial charge in [0.05, 0.1) is 24.7 Å². The Morgan fingerprint density at radius 1 is 1.14 bits per heavy atom. The van der Waals surface area contributed by atoms with Crippen molar-refractivity contribution in [2.24, 2.45) is 0 Å². The number of methoxy groups -OCH3 is 2. The minimum atomic E-state index is -3.63.